The maximum Gasteiger partial charge on any atom is 0.178 e. The zero-order chi connectivity index (χ0) is 12.7. The Balaban J connectivity index is 2.11. The van der Waals surface area contributed by atoms with Crippen molar-refractivity contribution in [3.8, 4) is 0 Å². The molecule has 0 atom stereocenters. The minimum atomic E-state index is -0.123. The zero-order valence-corrected chi connectivity index (χ0v) is 11.3. The van der Waals surface area contributed by atoms with E-state index in [9.17, 15) is 5.11 Å². The number of fused-ring (bicyclic) bond motifs is 1. The second-order valence-corrected chi connectivity index (χ2v) is 5.62. The predicted octanol–water partition coefficient (Wildman–Crippen LogP) is 3.48. The molecule has 0 spiro atoms. The van der Waals surface area contributed by atoms with Crippen LogP contribution >= 0.6 is 12.2 Å². The molecule has 2 N–H and O–H groups in total. The first-order valence-corrected chi connectivity index (χ1v) is 6.95. The fraction of sp³-hybridized carbons (Fsp3) is 0.500. The van der Waals surface area contributed by atoms with Gasteiger partial charge in [-0.2, -0.15) is 0 Å². The van der Waals surface area contributed by atoms with E-state index in [1.54, 1.807) is 0 Å². The second kappa shape index (κ2) is 4.52. The molecule has 3 rings (SSSR count). The fourth-order valence-corrected chi connectivity index (χ4v) is 3.37. The van der Waals surface area contributed by atoms with Crippen molar-refractivity contribution in [3.63, 3.8) is 0 Å². The Morgan fingerprint density at radius 2 is 2.00 bits per heavy atom. The molecule has 1 aliphatic rings. The summed E-state index contributed by atoms with van der Waals surface area (Å²) in [6.45, 7) is 2.12. The molecule has 1 saturated carbocycles. The molecule has 1 aliphatic carbocycles. The summed E-state index contributed by atoms with van der Waals surface area (Å²) in [4.78, 5) is 3.29. The minimum absolute atomic E-state index is 0.123. The fourth-order valence-electron chi connectivity index (χ4n) is 3.02. The molecule has 0 bridgehead atoms. The summed E-state index contributed by atoms with van der Waals surface area (Å²) >= 11 is 5.47. The van der Waals surface area contributed by atoms with Gasteiger partial charge >= 0.3 is 0 Å². The van der Waals surface area contributed by atoms with Gasteiger partial charge in [0.2, 0.25) is 0 Å². The number of imidazole rings is 1. The third-order valence-electron chi connectivity index (χ3n) is 3.97. The molecule has 96 valence electrons. The third kappa shape index (κ3) is 1.89. The highest BCUT2D eigenvalue weighted by atomic mass is 32.1. The van der Waals surface area contributed by atoms with Crippen LogP contribution in [-0.2, 0) is 0 Å². The summed E-state index contributed by atoms with van der Waals surface area (Å²) < 4.78 is 3.06. The summed E-state index contributed by atoms with van der Waals surface area (Å²) in [7, 11) is 0. The highest BCUT2D eigenvalue weighted by molar-refractivity contribution is 7.71. The number of aliphatic hydroxyl groups is 1. The number of H-pyrrole nitrogens is 1. The standard InChI is InChI=1S/C14H18N2OS/c1-9-3-2-4-12-13(9)16(14(18)15-12)10-5-7-11(17)8-6-10/h2-4,10-11,17H,5-8H2,1H3,(H,15,18). The smallest absolute Gasteiger partial charge is 0.178 e. The normalized spacial score (nSPS) is 24.6. The lowest BCUT2D eigenvalue weighted by Crippen LogP contribution is -2.21. The third-order valence-corrected chi connectivity index (χ3v) is 4.27. The lowest BCUT2D eigenvalue weighted by atomic mass is 9.93. The molecule has 0 unspecified atom stereocenters. The average molecular weight is 262 g/mol. The van der Waals surface area contributed by atoms with Crippen LogP contribution in [0.3, 0.4) is 0 Å². The maximum atomic E-state index is 9.62. The number of aromatic nitrogens is 2. The number of benzene rings is 1. The van der Waals surface area contributed by atoms with Crippen molar-refractivity contribution < 1.29 is 5.11 Å². The molecular weight excluding hydrogens is 244 g/mol. The number of rotatable bonds is 1. The van der Waals surface area contributed by atoms with Crippen LogP contribution in [0, 0.1) is 11.7 Å². The topological polar surface area (TPSA) is 41.0 Å². The number of aromatic amines is 1. The molecule has 18 heavy (non-hydrogen) atoms. The van der Waals surface area contributed by atoms with E-state index in [0.29, 0.717) is 6.04 Å². The van der Waals surface area contributed by atoms with Crippen LogP contribution in [0.5, 0.6) is 0 Å². The Hall–Kier alpha value is -1.13. The van der Waals surface area contributed by atoms with Crippen LogP contribution in [0.1, 0.15) is 37.3 Å². The minimum Gasteiger partial charge on any atom is -0.393 e. The van der Waals surface area contributed by atoms with Crippen molar-refractivity contribution in [1.82, 2.24) is 9.55 Å². The summed E-state index contributed by atoms with van der Waals surface area (Å²) in [5.41, 5.74) is 3.60. The largest absolute Gasteiger partial charge is 0.393 e. The number of nitrogens with one attached hydrogen (secondary N) is 1. The van der Waals surface area contributed by atoms with E-state index in [4.69, 9.17) is 12.2 Å². The van der Waals surface area contributed by atoms with Gasteiger partial charge in [0.15, 0.2) is 4.77 Å². The lowest BCUT2D eigenvalue weighted by molar-refractivity contribution is 0.111. The number of nitrogens with zero attached hydrogens (tertiary/aromatic N) is 1. The van der Waals surface area contributed by atoms with Crippen molar-refractivity contribution in [3.05, 3.63) is 28.5 Å². The van der Waals surface area contributed by atoms with Gasteiger partial charge in [0.25, 0.3) is 0 Å². The summed E-state index contributed by atoms with van der Waals surface area (Å²) in [6.07, 6.45) is 3.66. The first kappa shape index (κ1) is 11.9. The molecule has 0 amide bonds. The van der Waals surface area contributed by atoms with E-state index in [1.807, 2.05) is 0 Å². The van der Waals surface area contributed by atoms with Crippen molar-refractivity contribution >= 4 is 23.3 Å². The van der Waals surface area contributed by atoms with Crippen LogP contribution in [0.15, 0.2) is 18.2 Å². The molecule has 0 radical (unpaired) electrons. The van der Waals surface area contributed by atoms with Crippen molar-refractivity contribution in [1.29, 1.82) is 0 Å². The van der Waals surface area contributed by atoms with E-state index in [0.717, 1.165) is 36.0 Å². The SMILES string of the molecule is Cc1cccc2[nH]c(=S)n(C3CCC(O)CC3)c12. The molecule has 4 heteroatoms. The van der Waals surface area contributed by atoms with Gasteiger partial charge in [-0.1, -0.05) is 12.1 Å². The molecule has 1 aromatic carbocycles. The number of aliphatic hydroxyl groups excluding tert-OH is 1. The monoisotopic (exact) mass is 262 g/mol. The second-order valence-electron chi connectivity index (χ2n) is 5.23. The quantitative estimate of drug-likeness (QED) is 0.772. The van der Waals surface area contributed by atoms with Crippen molar-refractivity contribution in [2.24, 2.45) is 0 Å². The Morgan fingerprint density at radius 1 is 1.28 bits per heavy atom. The van der Waals surface area contributed by atoms with E-state index < -0.39 is 0 Å². The summed E-state index contributed by atoms with van der Waals surface area (Å²) in [5, 5.41) is 9.62. The molecule has 1 aromatic heterocycles. The van der Waals surface area contributed by atoms with Gasteiger partial charge in [-0.25, -0.2) is 0 Å². The summed E-state index contributed by atoms with van der Waals surface area (Å²) in [6, 6.07) is 6.68. The van der Waals surface area contributed by atoms with Crippen molar-refractivity contribution in [2.75, 3.05) is 0 Å². The van der Waals surface area contributed by atoms with Crippen LogP contribution in [0.4, 0.5) is 0 Å². The lowest BCUT2D eigenvalue weighted by Gasteiger charge is -2.27. The van der Waals surface area contributed by atoms with Crippen LogP contribution in [-0.4, -0.2) is 20.8 Å². The van der Waals surface area contributed by atoms with E-state index in [2.05, 4.69) is 34.7 Å². The highest BCUT2D eigenvalue weighted by Gasteiger charge is 2.23. The Bertz CT molecular complexity index is 620. The molecule has 0 aliphatic heterocycles. The van der Waals surface area contributed by atoms with Gasteiger partial charge in [-0.3, -0.25) is 0 Å². The van der Waals surface area contributed by atoms with E-state index in [-0.39, 0.29) is 6.10 Å². The predicted molar refractivity (Wildman–Crippen MR) is 75.4 cm³/mol. The molecule has 1 fully saturated rings. The molecular formula is C14H18N2OS. The molecule has 3 nitrogen and oxygen atoms in total. The number of hydrogen-bond donors (Lipinski definition) is 2. The first-order chi connectivity index (χ1) is 8.66. The number of hydrogen-bond acceptors (Lipinski definition) is 2. The highest BCUT2D eigenvalue weighted by Crippen LogP contribution is 2.32. The van der Waals surface area contributed by atoms with Crippen molar-refractivity contribution in [2.45, 2.75) is 44.8 Å². The van der Waals surface area contributed by atoms with Gasteiger partial charge in [0.05, 0.1) is 17.1 Å². The Morgan fingerprint density at radius 3 is 2.72 bits per heavy atom. The maximum absolute atomic E-state index is 9.62. The number of para-hydroxylation sites is 1. The molecule has 1 heterocycles. The molecule has 0 saturated heterocycles. The van der Waals surface area contributed by atoms with Crippen LogP contribution < -0.4 is 0 Å². The first-order valence-electron chi connectivity index (χ1n) is 6.54. The summed E-state index contributed by atoms with van der Waals surface area (Å²) in [5.74, 6) is 0. The van der Waals surface area contributed by atoms with E-state index >= 15 is 0 Å². The Kier molecular flexibility index (Phi) is 2.99. The average Bonchev–Trinajstić information content (AvgIpc) is 2.68. The van der Waals surface area contributed by atoms with Gasteiger partial charge < -0.3 is 14.7 Å². The van der Waals surface area contributed by atoms with Crippen LogP contribution in [0.25, 0.3) is 11.0 Å². The molecule has 2 aromatic rings. The van der Waals surface area contributed by atoms with Crippen LogP contribution in [0.2, 0.25) is 0 Å². The van der Waals surface area contributed by atoms with Gasteiger partial charge in [-0.15, -0.1) is 0 Å². The Labute approximate surface area is 111 Å². The number of aryl methyl sites for hydroxylation is 1. The van der Waals surface area contributed by atoms with Gasteiger partial charge in [0, 0.05) is 6.04 Å². The zero-order valence-electron chi connectivity index (χ0n) is 10.5. The van der Waals surface area contributed by atoms with Gasteiger partial charge in [-0.05, 0) is 56.5 Å². The van der Waals surface area contributed by atoms with Gasteiger partial charge in [0.1, 0.15) is 0 Å². The van der Waals surface area contributed by atoms with E-state index in [1.165, 1.54) is 11.1 Å².